The second kappa shape index (κ2) is 7.74. The van der Waals surface area contributed by atoms with Crippen molar-refractivity contribution in [3.05, 3.63) is 96.8 Å². The molecule has 3 nitrogen and oxygen atoms in total. The Hall–Kier alpha value is -2.75. The number of benzene rings is 4. The molecule has 147 valence electrons. The van der Waals surface area contributed by atoms with Crippen LogP contribution in [0.15, 0.2) is 83.4 Å². The molecule has 2 heterocycles. The summed E-state index contributed by atoms with van der Waals surface area (Å²) in [6.45, 7) is 2.13. The summed E-state index contributed by atoms with van der Waals surface area (Å²) in [6.07, 6.45) is 5.30. The maximum absolute atomic E-state index is 6.49. The fraction of sp³-hybridized carbons (Fsp3) is 0.0741. The first kappa shape index (κ1) is 20.2. The van der Waals surface area contributed by atoms with Crippen LogP contribution in [0.25, 0.3) is 49.8 Å². The van der Waals surface area contributed by atoms with E-state index in [-0.39, 0.29) is 32.7 Å². The molecule has 0 saturated heterocycles. The van der Waals surface area contributed by atoms with E-state index in [2.05, 4.69) is 72.3 Å². The Morgan fingerprint density at radius 2 is 1.68 bits per heavy atom. The Morgan fingerprint density at radius 3 is 2.45 bits per heavy atom. The Labute approximate surface area is 205 Å². The van der Waals surface area contributed by atoms with Crippen molar-refractivity contribution < 1.29 is 41.7 Å². The monoisotopic (exact) mass is 476 g/mol. The van der Waals surface area contributed by atoms with Crippen molar-refractivity contribution in [3.63, 3.8) is 0 Å². The first-order valence-electron chi connectivity index (χ1n) is 10.0. The maximum atomic E-state index is 6.49. The topological polar surface area (TPSA) is 21.9 Å². The molecule has 0 aliphatic carbocycles. The van der Waals surface area contributed by atoms with Gasteiger partial charge in [-0.25, -0.2) is 6.07 Å². The zero-order valence-electron chi connectivity index (χ0n) is 17.4. The summed E-state index contributed by atoms with van der Waals surface area (Å²) in [7, 11) is 2.04. The van der Waals surface area contributed by atoms with Crippen molar-refractivity contribution in [2.24, 2.45) is 7.05 Å². The first-order valence-corrected chi connectivity index (χ1v) is 10.0. The molecule has 6 rings (SSSR count). The van der Waals surface area contributed by atoms with E-state index in [1.807, 2.05) is 42.1 Å². The molecule has 0 aliphatic rings. The van der Waals surface area contributed by atoms with Crippen LogP contribution >= 0.6 is 0 Å². The minimum absolute atomic E-state index is 0. The van der Waals surface area contributed by atoms with Crippen LogP contribution < -0.4 is 4.57 Å². The van der Waals surface area contributed by atoms with Gasteiger partial charge >= 0.3 is 0 Å². The van der Waals surface area contributed by atoms with Crippen LogP contribution in [0.1, 0.15) is 5.56 Å². The van der Waals surface area contributed by atoms with Crippen LogP contribution in [0.4, 0.5) is 0 Å². The van der Waals surface area contributed by atoms with Crippen molar-refractivity contribution in [3.8, 4) is 17.1 Å². The molecule has 0 spiro atoms. The fourth-order valence-electron chi connectivity index (χ4n) is 4.32. The third-order valence-corrected chi connectivity index (χ3v) is 5.80. The smallest absolute Gasteiger partial charge is 0.188 e. The molecule has 0 aliphatic heterocycles. The van der Waals surface area contributed by atoms with Crippen molar-refractivity contribution in [1.29, 1.82) is 0 Å². The Balaban J connectivity index is 0.00000204. The van der Waals surface area contributed by atoms with Crippen LogP contribution in [0.2, 0.25) is 0 Å². The van der Waals surface area contributed by atoms with Gasteiger partial charge in [0.2, 0.25) is 0 Å². The zero-order valence-corrected chi connectivity index (χ0v) is 20.2. The quantitative estimate of drug-likeness (QED) is 0.224. The van der Waals surface area contributed by atoms with Crippen molar-refractivity contribution in [2.75, 3.05) is 0 Å². The molecule has 4 aromatic carbocycles. The molecule has 0 amide bonds. The van der Waals surface area contributed by atoms with Gasteiger partial charge in [0.05, 0.1) is 25.0 Å². The molecule has 0 N–H and O–H groups in total. The second-order valence-electron chi connectivity index (χ2n) is 7.71. The predicted octanol–water partition coefficient (Wildman–Crippen LogP) is 5.93. The number of imidazole rings is 1. The summed E-state index contributed by atoms with van der Waals surface area (Å²) < 4.78 is 10.6. The van der Waals surface area contributed by atoms with E-state index in [0.29, 0.717) is 0 Å². The number of nitrogens with zero attached hydrogens (tertiary/aromatic N) is 2. The molecule has 0 unspecified atom stereocenters. The summed E-state index contributed by atoms with van der Waals surface area (Å²) >= 11 is 0. The van der Waals surface area contributed by atoms with Crippen LogP contribution in [0.5, 0.6) is 0 Å². The minimum atomic E-state index is 0. The summed E-state index contributed by atoms with van der Waals surface area (Å²) in [5, 5.41) is 4.67. The molecule has 4 heteroatoms. The molecule has 1 radical (unpaired) electrons. The summed E-state index contributed by atoms with van der Waals surface area (Å²) in [5.41, 5.74) is 5.00. The van der Waals surface area contributed by atoms with Gasteiger partial charge < -0.3 is 8.98 Å². The van der Waals surface area contributed by atoms with Gasteiger partial charge in [0.25, 0.3) is 0 Å². The SMILES string of the molecule is Cc1ccc2c(oc3cc4ccccc4cc32)c1-c1n(C)c[c-][n+]1-c1[c-]cccc1.[Y]. The first-order chi connectivity index (χ1) is 14.7. The van der Waals surface area contributed by atoms with E-state index in [1.54, 1.807) is 0 Å². The summed E-state index contributed by atoms with van der Waals surface area (Å²) in [5.74, 6) is 1.02. The molecule has 0 fully saturated rings. The third kappa shape index (κ3) is 3.15. The second-order valence-corrected chi connectivity index (χ2v) is 7.71. The van der Waals surface area contributed by atoms with Crippen molar-refractivity contribution in [2.45, 2.75) is 6.92 Å². The molecule has 0 atom stereocenters. The van der Waals surface area contributed by atoms with E-state index in [9.17, 15) is 0 Å². The average Bonchev–Trinajstić information content (AvgIpc) is 3.32. The third-order valence-electron chi connectivity index (χ3n) is 5.80. The molecular weight excluding hydrogens is 457 g/mol. The predicted molar refractivity (Wildman–Crippen MR) is 120 cm³/mol. The Morgan fingerprint density at radius 1 is 0.903 bits per heavy atom. The van der Waals surface area contributed by atoms with Crippen LogP contribution in [-0.4, -0.2) is 4.57 Å². The molecule has 0 saturated carbocycles. The van der Waals surface area contributed by atoms with Gasteiger partial charge in [-0.1, -0.05) is 42.1 Å². The summed E-state index contributed by atoms with van der Waals surface area (Å²) in [6, 6.07) is 28.4. The number of aryl methyl sites for hydroxylation is 2. The number of furan rings is 1. The summed E-state index contributed by atoms with van der Waals surface area (Å²) in [4.78, 5) is 0. The van der Waals surface area contributed by atoms with Crippen LogP contribution in [0, 0.1) is 19.2 Å². The van der Waals surface area contributed by atoms with Gasteiger partial charge in [0.1, 0.15) is 11.2 Å². The average molecular weight is 476 g/mol. The maximum Gasteiger partial charge on any atom is 0.188 e. The number of rotatable bonds is 2. The Kier molecular flexibility index (Phi) is 5.04. The zero-order chi connectivity index (χ0) is 20.2. The molecule has 6 aromatic rings. The molecule has 2 aromatic heterocycles. The van der Waals surface area contributed by atoms with Gasteiger partial charge in [0, 0.05) is 43.5 Å². The molecule has 31 heavy (non-hydrogen) atoms. The molecular formula is C27H19N2OY-. The van der Waals surface area contributed by atoms with E-state index < -0.39 is 0 Å². The van der Waals surface area contributed by atoms with Crippen molar-refractivity contribution in [1.82, 2.24) is 4.57 Å². The number of aromatic nitrogens is 2. The van der Waals surface area contributed by atoms with Crippen LogP contribution in [-0.2, 0) is 39.8 Å². The van der Waals surface area contributed by atoms with Crippen LogP contribution in [0.3, 0.4) is 0 Å². The van der Waals surface area contributed by atoms with Gasteiger partial charge in [-0.3, -0.25) is 4.57 Å². The minimum Gasteiger partial charge on any atom is -0.456 e. The normalized spacial score (nSPS) is 11.3. The van der Waals surface area contributed by atoms with Crippen molar-refractivity contribution >= 4 is 32.7 Å². The fourth-order valence-corrected chi connectivity index (χ4v) is 4.32. The largest absolute Gasteiger partial charge is 0.456 e. The standard InChI is InChI=1S/C27H19N2O.Y/c1-18-12-13-22-23-16-19-8-6-7-9-20(19)17-24(23)30-26(22)25(18)27-28(2)14-15-29(27)21-10-4-3-5-11-21;/h3-10,12-14,16-17H,1-2H3;/q-1;. The van der Waals surface area contributed by atoms with Gasteiger partial charge in [0.15, 0.2) is 5.82 Å². The Bertz CT molecular complexity index is 1560. The van der Waals surface area contributed by atoms with Gasteiger partial charge in [-0.2, -0.15) is 24.3 Å². The van der Waals surface area contributed by atoms with E-state index in [4.69, 9.17) is 4.42 Å². The number of hydrogen-bond acceptors (Lipinski definition) is 1. The van der Waals surface area contributed by atoms with Gasteiger partial charge in [-0.05, 0) is 35.4 Å². The van der Waals surface area contributed by atoms with E-state index in [1.165, 1.54) is 10.8 Å². The van der Waals surface area contributed by atoms with Gasteiger partial charge in [-0.15, -0.1) is 0 Å². The van der Waals surface area contributed by atoms with E-state index >= 15 is 0 Å². The molecule has 0 bridgehead atoms. The van der Waals surface area contributed by atoms with E-state index in [0.717, 1.165) is 44.6 Å². The number of para-hydroxylation sites is 1. The number of fused-ring (bicyclic) bond motifs is 4. The number of hydrogen-bond donors (Lipinski definition) is 0.